The number of nitrogens with zero attached hydrogens (tertiary/aromatic N) is 2. The van der Waals surface area contributed by atoms with Crippen LogP contribution in [0.1, 0.15) is 18.9 Å². The van der Waals surface area contributed by atoms with E-state index < -0.39 is 0 Å². The first-order chi connectivity index (χ1) is 7.77. The lowest BCUT2D eigenvalue weighted by atomic mass is 10.1. The molecule has 0 spiro atoms. The molecule has 0 aliphatic rings. The van der Waals surface area contributed by atoms with Crippen molar-refractivity contribution in [1.82, 2.24) is 0 Å². The lowest BCUT2D eigenvalue weighted by Gasteiger charge is -2.05. The monoisotopic (exact) mass is 220 g/mol. The molecule has 0 aliphatic heterocycles. The van der Waals surface area contributed by atoms with E-state index in [0.29, 0.717) is 6.42 Å². The van der Waals surface area contributed by atoms with Crippen LogP contribution in [0, 0.1) is 0 Å². The highest BCUT2D eigenvalue weighted by molar-refractivity contribution is 6.11. The van der Waals surface area contributed by atoms with Crippen LogP contribution < -0.4 is 0 Å². The van der Waals surface area contributed by atoms with Gasteiger partial charge in [0.25, 0.3) is 0 Å². The van der Waals surface area contributed by atoms with Gasteiger partial charge in [0.05, 0.1) is 11.4 Å². The van der Waals surface area contributed by atoms with Crippen molar-refractivity contribution in [1.29, 1.82) is 0 Å². The topological polar surface area (TPSA) is 43.2 Å². The predicted molar refractivity (Wildman–Crippen MR) is 64.7 cm³/mol. The Morgan fingerprint density at radius 2 is 1.69 bits per heavy atom. The minimum atomic E-state index is 0.603. The van der Waals surface area contributed by atoms with E-state index in [1.165, 1.54) is 14.2 Å². The van der Waals surface area contributed by atoms with Crippen molar-refractivity contribution >= 4 is 11.4 Å². The molecule has 4 nitrogen and oxygen atoms in total. The molecule has 0 fully saturated rings. The average molecular weight is 220 g/mol. The van der Waals surface area contributed by atoms with Gasteiger partial charge in [0.2, 0.25) is 0 Å². The first-order valence-corrected chi connectivity index (χ1v) is 5.00. The third-order valence-electron chi connectivity index (χ3n) is 1.98. The van der Waals surface area contributed by atoms with Gasteiger partial charge in [-0.05, 0) is 12.5 Å². The summed E-state index contributed by atoms with van der Waals surface area (Å²) in [5.41, 5.74) is 2.71. The van der Waals surface area contributed by atoms with E-state index in [2.05, 4.69) is 10.3 Å². The van der Waals surface area contributed by atoms with E-state index in [1.54, 1.807) is 0 Å². The number of hydrogen-bond acceptors (Lipinski definition) is 4. The maximum atomic E-state index is 4.83. The molecular formula is C12H16N2O2. The maximum absolute atomic E-state index is 4.83. The predicted octanol–water partition coefficient (Wildman–Crippen LogP) is 2.45. The van der Waals surface area contributed by atoms with Crippen molar-refractivity contribution in [2.45, 2.75) is 13.3 Å². The van der Waals surface area contributed by atoms with E-state index in [0.717, 1.165) is 17.0 Å². The smallest absolute Gasteiger partial charge is 0.106 e. The largest absolute Gasteiger partial charge is 0.399 e. The second-order valence-corrected chi connectivity index (χ2v) is 3.27. The number of oxime groups is 2. The zero-order valence-electron chi connectivity index (χ0n) is 9.80. The SMILES string of the molecule is CON=C(C)CC(=NOC)c1ccccc1. The fraction of sp³-hybridized carbons (Fsp3) is 0.333. The quantitative estimate of drug-likeness (QED) is 0.565. The van der Waals surface area contributed by atoms with E-state index in [1.807, 2.05) is 37.3 Å². The van der Waals surface area contributed by atoms with Gasteiger partial charge < -0.3 is 9.68 Å². The van der Waals surface area contributed by atoms with Crippen LogP contribution in [-0.2, 0) is 9.68 Å². The third-order valence-corrected chi connectivity index (χ3v) is 1.98. The summed E-state index contributed by atoms with van der Waals surface area (Å²) in [7, 11) is 3.06. The van der Waals surface area contributed by atoms with Crippen molar-refractivity contribution in [3.8, 4) is 0 Å². The third kappa shape index (κ3) is 3.73. The molecular weight excluding hydrogens is 204 g/mol. The maximum Gasteiger partial charge on any atom is 0.106 e. The van der Waals surface area contributed by atoms with Crippen LogP contribution in [0.2, 0.25) is 0 Å². The molecule has 0 saturated heterocycles. The molecule has 0 aromatic heterocycles. The molecule has 0 bridgehead atoms. The van der Waals surface area contributed by atoms with Crippen LogP contribution in [0.5, 0.6) is 0 Å². The number of benzene rings is 1. The zero-order chi connectivity index (χ0) is 11.8. The van der Waals surface area contributed by atoms with Crippen LogP contribution in [0.3, 0.4) is 0 Å². The Balaban J connectivity index is 2.85. The minimum absolute atomic E-state index is 0.603. The Hall–Kier alpha value is -1.84. The summed E-state index contributed by atoms with van der Waals surface area (Å²) in [6.45, 7) is 1.89. The highest BCUT2D eigenvalue weighted by atomic mass is 16.6. The minimum Gasteiger partial charge on any atom is -0.399 e. The van der Waals surface area contributed by atoms with Gasteiger partial charge in [0.15, 0.2) is 0 Å². The van der Waals surface area contributed by atoms with Gasteiger partial charge in [-0.15, -0.1) is 0 Å². The zero-order valence-corrected chi connectivity index (χ0v) is 9.80. The van der Waals surface area contributed by atoms with Crippen molar-refractivity contribution in [2.24, 2.45) is 10.3 Å². The van der Waals surface area contributed by atoms with Crippen LogP contribution in [0.25, 0.3) is 0 Å². The van der Waals surface area contributed by atoms with E-state index in [4.69, 9.17) is 9.68 Å². The highest BCUT2D eigenvalue weighted by Gasteiger charge is 2.06. The summed E-state index contributed by atoms with van der Waals surface area (Å²) in [6.07, 6.45) is 0.603. The molecule has 0 atom stereocenters. The van der Waals surface area contributed by atoms with Gasteiger partial charge >= 0.3 is 0 Å². The summed E-state index contributed by atoms with van der Waals surface area (Å²) in [6, 6.07) is 9.85. The lowest BCUT2D eigenvalue weighted by Crippen LogP contribution is -2.07. The summed E-state index contributed by atoms with van der Waals surface area (Å²) < 4.78 is 0. The molecule has 0 heterocycles. The Bertz CT molecular complexity index is 372. The fourth-order valence-corrected chi connectivity index (χ4v) is 1.36. The summed E-state index contributed by atoms with van der Waals surface area (Å²) in [4.78, 5) is 9.54. The molecule has 86 valence electrons. The summed E-state index contributed by atoms with van der Waals surface area (Å²) >= 11 is 0. The van der Waals surface area contributed by atoms with E-state index in [-0.39, 0.29) is 0 Å². The second kappa shape index (κ2) is 6.61. The molecule has 0 saturated carbocycles. The molecule has 0 unspecified atom stereocenters. The van der Waals surface area contributed by atoms with Crippen molar-refractivity contribution < 1.29 is 9.68 Å². The molecule has 1 aromatic rings. The van der Waals surface area contributed by atoms with Crippen LogP contribution in [0.15, 0.2) is 40.6 Å². The second-order valence-electron chi connectivity index (χ2n) is 3.27. The van der Waals surface area contributed by atoms with Crippen LogP contribution in [-0.4, -0.2) is 25.6 Å². The van der Waals surface area contributed by atoms with Gasteiger partial charge in [-0.1, -0.05) is 40.6 Å². The molecule has 0 aliphatic carbocycles. The molecule has 1 aromatic carbocycles. The van der Waals surface area contributed by atoms with Gasteiger partial charge in [0, 0.05) is 6.42 Å². The Labute approximate surface area is 95.5 Å². The van der Waals surface area contributed by atoms with Gasteiger partial charge in [-0.2, -0.15) is 0 Å². The van der Waals surface area contributed by atoms with Crippen molar-refractivity contribution in [3.05, 3.63) is 35.9 Å². The normalized spacial score (nSPS) is 12.4. The Morgan fingerprint density at radius 1 is 1.06 bits per heavy atom. The average Bonchev–Trinajstić information content (AvgIpc) is 2.30. The fourth-order valence-electron chi connectivity index (χ4n) is 1.36. The standard InChI is InChI=1S/C12H16N2O2/c1-10(13-15-2)9-12(14-16-3)11-7-5-4-6-8-11/h4-8H,9H2,1-3H3. The van der Waals surface area contributed by atoms with Gasteiger partial charge in [-0.3, -0.25) is 0 Å². The first kappa shape index (κ1) is 12.2. The van der Waals surface area contributed by atoms with E-state index in [9.17, 15) is 0 Å². The lowest BCUT2D eigenvalue weighted by molar-refractivity contribution is 0.210. The van der Waals surface area contributed by atoms with Gasteiger partial charge in [0.1, 0.15) is 14.2 Å². The van der Waals surface area contributed by atoms with E-state index >= 15 is 0 Å². The summed E-state index contributed by atoms with van der Waals surface area (Å²) in [5, 5.41) is 7.85. The van der Waals surface area contributed by atoms with Crippen LogP contribution >= 0.6 is 0 Å². The van der Waals surface area contributed by atoms with Crippen molar-refractivity contribution in [3.63, 3.8) is 0 Å². The molecule has 16 heavy (non-hydrogen) atoms. The molecule has 4 heteroatoms. The molecule has 0 N–H and O–H groups in total. The Morgan fingerprint density at radius 3 is 2.25 bits per heavy atom. The molecule has 1 rings (SSSR count). The van der Waals surface area contributed by atoms with Crippen LogP contribution in [0.4, 0.5) is 0 Å². The number of hydrogen-bond donors (Lipinski definition) is 0. The highest BCUT2D eigenvalue weighted by Crippen LogP contribution is 2.06. The van der Waals surface area contributed by atoms with Gasteiger partial charge in [-0.25, -0.2) is 0 Å². The molecule has 0 radical (unpaired) electrons. The Kier molecular flexibility index (Phi) is 5.05. The van der Waals surface area contributed by atoms with Crippen molar-refractivity contribution in [2.75, 3.05) is 14.2 Å². The number of rotatable bonds is 5. The summed E-state index contributed by atoms with van der Waals surface area (Å²) in [5.74, 6) is 0. The first-order valence-electron chi connectivity index (χ1n) is 5.00. The molecule has 0 amide bonds.